The maximum absolute atomic E-state index is 4.36. The van der Waals surface area contributed by atoms with Gasteiger partial charge >= 0.3 is 0 Å². The summed E-state index contributed by atoms with van der Waals surface area (Å²) >= 11 is 0. The van der Waals surface area contributed by atoms with E-state index in [2.05, 4.69) is 58.2 Å². The molecule has 1 saturated carbocycles. The summed E-state index contributed by atoms with van der Waals surface area (Å²) in [5.41, 5.74) is 2.08. The van der Waals surface area contributed by atoms with Crippen LogP contribution in [-0.4, -0.2) is 15.8 Å². The highest BCUT2D eigenvalue weighted by molar-refractivity contribution is 5.18. The monoisotopic (exact) mass is 235 g/mol. The molecule has 0 spiro atoms. The van der Waals surface area contributed by atoms with Crippen LogP contribution in [0.15, 0.2) is 12.4 Å². The Bertz CT molecular complexity index is 387. The largest absolute Gasteiger partial charge is 0.309 e. The topological polar surface area (TPSA) is 29.9 Å². The van der Waals surface area contributed by atoms with Crippen molar-refractivity contribution in [1.82, 2.24) is 15.1 Å². The van der Waals surface area contributed by atoms with E-state index in [1.807, 2.05) is 10.9 Å². The van der Waals surface area contributed by atoms with Gasteiger partial charge in [0.1, 0.15) is 0 Å². The van der Waals surface area contributed by atoms with Gasteiger partial charge in [0.05, 0.1) is 6.20 Å². The van der Waals surface area contributed by atoms with Crippen molar-refractivity contribution in [2.75, 3.05) is 0 Å². The lowest BCUT2D eigenvalue weighted by molar-refractivity contribution is 0.457. The Morgan fingerprint density at radius 2 is 1.88 bits per heavy atom. The third kappa shape index (κ3) is 2.01. The number of nitrogens with one attached hydrogen (secondary N) is 1. The quantitative estimate of drug-likeness (QED) is 0.869. The fourth-order valence-electron chi connectivity index (χ4n) is 2.68. The molecule has 3 heteroatoms. The highest BCUT2D eigenvalue weighted by atomic mass is 15.3. The van der Waals surface area contributed by atoms with Crippen molar-refractivity contribution in [2.45, 2.75) is 60.2 Å². The fourth-order valence-corrected chi connectivity index (χ4v) is 2.68. The first-order valence-electron chi connectivity index (χ1n) is 6.53. The minimum atomic E-state index is 0.404. The molecule has 2 rings (SSSR count). The van der Waals surface area contributed by atoms with Crippen molar-refractivity contribution in [1.29, 1.82) is 0 Å². The molecule has 0 amide bonds. The molecular formula is C14H25N3. The molecule has 1 heterocycles. The van der Waals surface area contributed by atoms with Crippen molar-refractivity contribution in [3.05, 3.63) is 18.0 Å². The zero-order valence-corrected chi connectivity index (χ0v) is 11.9. The zero-order chi connectivity index (χ0) is 12.8. The molecule has 17 heavy (non-hydrogen) atoms. The Morgan fingerprint density at radius 1 is 1.29 bits per heavy atom. The van der Waals surface area contributed by atoms with E-state index in [0.29, 0.717) is 22.9 Å². The molecule has 1 N–H and O–H groups in total. The SMILES string of the molecule is CC(C)n1cc(CNC2C(C)(C)C2(C)C)cn1. The number of aromatic nitrogens is 2. The third-order valence-corrected chi connectivity index (χ3v) is 4.72. The van der Waals surface area contributed by atoms with Gasteiger partial charge < -0.3 is 5.32 Å². The molecule has 0 bridgehead atoms. The predicted molar refractivity (Wildman–Crippen MR) is 70.8 cm³/mol. The van der Waals surface area contributed by atoms with E-state index in [9.17, 15) is 0 Å². The normalized spacial score (nSPS) is 22.1. The fraction of sp³-hybridized carbons (Fsp3) is 0.786. The van der Waals surface area contributed by atoms with Crippen LogP contribution in [0.4, 0.5) is 0 Å². The molecule has 0 aliphatic heterocycles. The van der Waals surface area contributed by atoms with E-state index < -0.39 is 0 Å². The highest BCUT2D eigenvalue weighted by Crippen LogP contribution is 2.62. The molecular weight excluding hydrogens is 210 g/mol. The van der Waals surface area contributed by atoms with E-state index in [0.717, 1.165) is 6.54 Å². The van der Waals surface area contributed by atoms with Crippen LogP contribution < -0.4 is 5.32 Å². The van der Waals surface area contributed by atoms with Crippen LogP contribution in [0, 0.1) is 10.8 Å². The van der Waals surface area contributed by atoms with Crippen LogP contribution in [-0.2, 0) is 6.54 Å². The van der Waals surface area contributed by atoms with Crippen LogP contribution in [0.2, 0.25) is 0 Å². The van der Waals surface area contributed by atoms with Crippen LogP contribution in [0.25, 0.3) is 0 Å². The molecule has 1 aliphatic rings. The van der Waals surface area contributed by atoms with Gasteiger partial charge in [-0.15, -0.1) is 0 Å². The smallest absolute Gasteiger partial charge is 0.0534 e. The van der Waals surface area contributed by atoms with Crippen molar-refractivity contribution >= 4 is 0 Å². The van der Waals surface area contributed by atoms with Crippen molar-refractivity contribution in [2.24, 2.45) is 10.8 Å². The van der Waals surface area contributed by atoms with E-state index in [-0.39, 0.29) is 0 Å². The van der Waals surface area contributed by atoms with Gasteiger partial charge in [-0.1, -0.05) is 27.7 Å². The third-order valence-electron chi connectivity index (χ3n) is 4.72. The second kappa shape index (κ2) is 3.84. The first-order valence-corrected chi connectivity index (χ1v) is 6.53. The van der Waals surface area contributed by atoms with Gasteiger partial charge in [-0.3, -0.25) is 4.68 Å². The van der Waals surface area contributed by atoms with Crippen LogP contribution >= 0.6 is 0 Å². The van der Waals surface area contributed by atoms with Crippen molar-refractivity contribution in [3.8, 4) is 0 Å². The first-order chi connectivity index (χ1) is 7.76. The Hall–Kier alpha value is -0.830. The molecule has 96 valence electrons. The summed E-state index contributed by atoms with van der Waals surface area (Å²) in [4.78, 5) is 0. The number of nitrogens with zero attached hydrogens (tertiary/aromatic N) is 2. The summed E-state index contributed by atoms with van der Waals surface area (Å²) in [6.07, 6.45) is 4.11. The van der Waals surface area contributed by atoms with Crippen molar-refractivity contribution < 1.29 is 0 Å². The summed E-state index contributed by atoms with van der Waals surface area (Å²) < 4.78 is 2.01. The van der Waals surface area contributed by atoms with E-state index in [4.69, 9.17) is 0 Å². The molecule has 1 aliphatic carbocycles. The lowest BCUT2D eigenvalue weighted by Crippen LogP contribution is -2.21. The molecule has 0 atom stereocenters. The summed E-state index contributed by atoms with van der Waals surface area (Å²) in [7, 11) is 0. The Balaban J connectivity index is 1.91. The summed E-state index contributed by atoms with van der Waals surface area (Å²) in [5, 5.41) is 8.02. The first kappa shape index (κ1) is 12.6. The molecule has 1 fully saturated rings. The van der Waals surface area contributed by atoms with Crippen LogP contribution in [0.1, 0.15) is 53.1 Å². The number of hydrogen-bond donors (Lipinski definition) is 1. The van der Waals surface area contributed by atoms with E-state index in [1.54, 1.807) is 0 Å². The standard InChI is InChI=1S/C14H25N3/c1-10(2)17-9-11(8-16-17)7-15-12-13(3,4)14(12,5)6/h8-10,12,15H,7H2,1-6H3. The molecule has 0 unspecified atom stereocenters. The van der Waals surface area contributed by atoms with Gasteiger partial charge in [0.15, 0.2) is 0 Å². The lowest BCUT2D eigenvalue weighted by Gasteiger charge is -2.05. The van der Waals surface area contributed by atoms with Gasteiger partial charge in [-0.05, 0) is 24.7 Å². The summed E-state index contributed by atoms with van der Waals surface area (Å²) in [5.74, 6) is 0. The van der Waals surface area contributed by atoms with Gasteiger partial charge in [0, 0.05) is 30.4 Å². The molecule has 3 nitrogen and oxygen atoms in total. The summed E-state index contributed by atoms with van der Waals surface area (Å²) in [6, 6.07) is 1.05. The molecule has 1 aromatic heterocycles. The maximum Gasteiger partial charge on any atom is 0.0534 e. The average molecular weight is 235 g/mol. The van der Waals surface area contributed by atoms with E-state index in [1.165, 1.54) is 5.56 Å². The zero-order valence-electron chi connectivity index (χ0n) is 11.9. The Labute approximate surface area is 105 Å². The molecule has 1 aromatic rings. The number of rotatable bonds is 4. The van der Waals surface area contributed by atoms with Crippen LogP contribution in [0.3, 0.4) is 0 Å². The minimum Gasteiger partial charge on any atom is -0.309 e. The second-order valence-corrected chi connectivity index (χ2v) is 6.68. The summed E-state index contributed by atoms with van der Waals surface area (Å²) in [6.45, 7) is 14.6. The van der Waals surface area contributed by atoms with Gasteiger partial charge in [-0.2, -0.15) is 5.10 Å². The lowest BCUT2D eigenvalue weighted by atomic mass is 10.0. The number of hydrogen-bond acceptors (Lipinski definition) is 2. The van der Waals surface area contributed by atoms with Crippen molar-refractivity contribution in [3.63, 3.8) is 0 Å². The average Bonchev–Trinajstić information content (AvgIpc) is 2.58. The Morgan fingerprint density at radius 3 is 2.29 bits per heavy atom. The van der Waals surface area contributed by atoms with E-state index >= 15 is 0 Å². The second-order valence-electron chi connectivity index (χ2n) is 6.68. The maximum atomic E-state index is 4.36. The molecule has 0 saturated heterocycles. The van der Waals surface area contributed by atoms with Gasteiger partial charge in [0.2, 0.25) is 0 Å². The molecule has 0 radical (unpaired) electrons. The minimum absolute atomic E-state index is 0.404. The van der Waals surface area contributed by atoms with Gasteiger partial charge in [-0.25, -0.2) is 0 Å². The predicted octanol–water partition coefficient (Wildman–Crippen LogP) is 2.99. The highest BCUT2D eigenvalue weighted by Gasteiger charge is 2.64. The van der Waals surface area contributed by atoms with Crippen LogP contribution in [0.5, 0.6) is 0 Å². The van der Waals surface area contributed by atoms with Gasteiger partial charge in [0.25, 0.3) is 0 Å². The molecule has 0 aromatic carbocycles. The Kier molecular flexibility index (Phi) is 2.85.